The van der Waals surface area contributed by atoms with Crippen LogP contribution in [0.3, 0.4) is 0 Å². The van der Waals surface area contributed by atoms with Gasteiger partial charge in [-0.2, -0.15) is 0 Å². The van der Waals surface area contributed by atoms with Crippen molar-refractivity contribution in [3.8, 4) is 11.5 Å². The van der Waals surface area contributed by atoms with E-state index in [0.29, 0.717) is 11.8 Å². The molecule has 6 heteroatoms. The maximum atomic E-state index is 13.2. The summed E-state index contributed by atoms with van der Waals surface area (Å²) in [6.07, 6.45) is 11.5. The minimum absolute atomic E-state index is 0.240. The summed E-state index contributed by atoms with van der Waals surface area (Å²) < 4.78 is 40.2. The fourth-order valence-electron chi connectivity index (χ4n) is 4.23. The van der Waals surface area contributed by atoms with Gasteiger partial charge in [0.25, 0.3) is 0 Å². The summed E-state index contributed by atoms with van der Waals surface area (Å²) in [4.78, 5) is 0. The SMILES string of the molecule is CCCCC(CC)Cc1ccc(OP(=O)(OF)Oc2ccc(CC(CC)CCCC)cc2)cc1. The van der Waals surface area contributed by atoms with Gasteiger partial charge in [-0.15, -0.1) is 0 Å². The van der Waals surface area contributed by atoms with E-state index in [-0.39, 0.29) is 11.5 Å². The molecule has 0 aliphatic rings. The van der Waals surface area contributed by atoms with Crippen LogP contribution in [0.4, 0.5) is 4.53 Å². The van der Waals surface area contributed by atoms with Crippen LogP contribution >= 0.6 is 7.82 Å². The summed E-state index contributed by atoms with van der Waals surface area (Å²) in [7, 11) is -4.44. The van der Waals surface area contributed by atoms with Gasteiger partial charge in [0, 0.05) is 0 Å². The standard InChI is InChI=1S/C28H42FO4P/c1-5-9-11-23(7-3)21-25-13-17-27(18-14-25)31-34(30,33-29)32-28-19-15-26(16-20-28)22-24(8-4)12-10-6-2/h13-20,23-24H,5-12,21-22H2,1-4H3. The van der Waals surface area contributed by atoms with Crippen LogP contribution in [0, 0.1) is 11.8 Å². The molecule has 2 atom stereocenters. The summed E-state index contributed by atoms with van der Waals surface area (Å²) >= 11 is 0. The minimum Gasteiger partial charge on any atom is -0.393 e. The Morgan fingerprint density at radius 3 is 1.38 bits per heavy atom. The van der Waals surface area contributed by atoms with E-state index in [1.54, 1.807) is 24.3 Å². The fourth-order valence-corrected chi connectivity index (χ4v) is 5.08. The molecular formula is C28H42FO4P. The van der Waals surface area contributed by atoms with Crippen molar-refractivity contribution in [2.75, 3.05) is 0 Å². The molecule has 2 unspecified atom stereocenters. The number of phosphoric acid groups is 1. The molecule has 0 radical (unpaired) electrons. The van der Waals surface area contributed by atoms with E-state index in [0.717, 1.165) is 25.7 Å². The van der Waals surface area contributed by atoms with Crippen LogP contribution in [0.1, 0.15) is 90.2 Å². The Kier molecular flexibility index (Phi) is 12.7. The lowest BCUT2D eigenvalue weighted by molar-refractivity contribution is -0.0337. The van der Waals surface area contributed by atoms with Crippen molar-refractivity contribution in [3.05, 3.63) is 59.7 Å². The number of hydrogen-bond acceptors (Lipinski definition) is 4. The highest BCUT2D eigenvalue weighted by molar-refractivity contribution is 7.49. The Morgan fingerprint density at radius 1 is 0.706 bits per heavy atom. The van der Waals surface area contributed by atoms with Gasteiger partial charge >= 0.3 is 7.82 Å². The summed E-state index contributed by atoms with van der Waals surface area (Å²) in [5.74, 6) is 1.75. The Hall–Kier alpha value is -1.84. The number of benzene rings is 2. The van der Waals surface area contributed by atoms with Crippen LogP contribution in [0.2, 0.25) is 0 Å². The normalized spacial score (nSPS) is 14.9. The number of halogens is 1. The van der Waals surface area contributed by atoms with Gasteiger partial charge < -0.3 is 9.05 Å². The molecule has 0 saturated heterocycles. The first-order chi connectivity index (χ1) is 16.4. The molecule has 0 bridgehead atoms. The molecule has 4 nitrogen and oxygen atoms in total. The molecule has 2 aromatic rings. The zero-order valence-electron chi connectivity index (χ0n) is 21.3. The largest absolute Gasteiger partial charge is 0.619 e. The second-order valence-electron chi connectivity index (χ2n) is 9.23. The number of phosphoric ester groups is 1. The molecule has 0 N–H and O–H groups in total. The monoisotopic (exact) mass is 492 g/mol. The van der Waals surface area contributed by atoms with Gasteiger partial charge in [-0.05, 0) is 64.6 Å². The topological polar surface area (TPSA) is 44.8 Å². The van der Waals surface area contributed by atoms with Crippen LogP contribution in [0.5, 0.6) is 11.5 Å². The molecule has 2 aromatic carbocycles. The summed E-state index contributed by atoms with van der Waals surface area (Å²) in [5, 5.41) is 0. The molecule has 0 aromatic heterocycles. The number of unbranched alkanes of at least 4 members (excludes halogenated alkanes) is 2. The van der Waals surface area contributed by atoms with Gasteiger partial charge in [0.1, 0.15) is 11.5 Å². The van der Waals surface area contributed by atoms with E-state index in [2.05, 4.69) is 32.4 Å². The van der Waals surface area contributed by atoms with Crippen LogP contribution in [0.25, 0.3) is 0 Å². The van der Waals surface area contributed by atoms with Crippen molar-refractivity contribution in [2.45, 2.75) is 91.9 Å². The molecule has 0 spiro atoms. The van der Waals surface area contributed by atoms with Crippen LogP contribution in [0.15, 0.2) is 48.5 Å². The molecule has 34 heavy (non-hydrogen) atoms. The predicted octanol–water partition coefficient (Wildman–Crippen LogP) is 9.67. The van der Waals surface area contributed by atoms with E-state index in [4.69, 9.17) is 9.05 Å². The smallest absolute Gasteiger partial charge is 0.393 e. The highest BCUT2D eigenvalue weighted by atomic mass is 31.2. The van der Waals surface area contributed by atoms with Crippen molar-refractivity contribution in [3.63, 3.8) is 0 Å². The van der Waals surface area contributed by atoms with Crippen molar-refractivity contribution >= 4 is 7.82 Å². The van der Waals surface area contributed by atoms with Gasteiger partial charge in [0.05, 0.1) is 0 Å². The summed E-state index contributed by atoms with van der Waals surface area (Å²) in [6.45, 7) is 8.84. The Bertz CT molecular complexity index is 786. The molecule has 0 fully saturated rings. The van der Waals surface area contributed by atoms with Gasteiger partial charge in [-0.25, -0.2) is 4.57 Å². The van der Waals surface area contributed by atoms with E-state index < -0.39 is 7.82 Å². The van der Waals surface area contributed by atoms with Gasteiger partial charge in [0.15, 0.2) is 0 Å². The maximum Gasteiger partial charge on any atom is 0.619 e. The first kappa shape index (κ1) is 28.4. The van der Waals surface area contributed by atoms with Crippen molar-refractivity contribution in [1.29, 1.82) is 0 Å². The molecule has 0 aliphatic heterocycles. The zero-order valence-corrected chi connectivity index (χ0v) is 22.2. The zero-order chi connectivity index (χ0) is 24.8. The van der Waals surface area contributed by atoms with Crippen LogP contribution in [-0.4, -0.2) is 0 Å². The number of rotatable bonds is 17. The van der Waals surface area contributed by atoms with Crippen LogP contribution in [-0.2, 0) is 22.1 Å². The van der Waals surface area contributed by atoms with Gasteiger partial charge in [-0.1, -0.05) is 108 Å². The third-order valence-corrected chi connectivity index (χ3v) is 7.54. The summed E-state index contributed by atoms with van der Waals surface area (Å²) in [5.41, 5.74) is 2.35. The lowest BCUT2D eigenvalue weighted by Crippen LogP contribution is -2.04. The lowest BCUT2D eigenvalue weighted by Gasteiger charge is -2.17. The van der Waals surface area contributed by atoms with E-state index in [9.17, 15) is 9.09 Å². The average molecular weight is 493 g/mol. The molecular weight excluding hydrogens is 450 g/mol. The molecule has 0 amide bonds. The van der Waals surface area contributed by atoms with Gasteiger partial charge in [-0.3, -0.25) is 0 Å². The van der Waals surface area contributed by atoms with Gasteiger partial charge in [0.2, 0.25) is 0 Å². The van der Waals surface area contributed by atoms with Crippen molar-refractivity contribution < 1.29 is 22.9 Å². The minimum atomic E-state index is -4.44. The van der Waals surface area contributed by atoms with E-state index >= 15 is 0 Å². The Morgan fingerprint density at radius 2 is 1.09 bits per heavy atom. The van der Waals surface area contributed by atoms with Crippen molar-refractivity contribution in [1.82, 2.24) is 0 Å². The fraction of sp³-hybridized carbons (Fsp3) is 0.571. The average Bonchev–Trinajstić information content (AvgIpc) is 2.86. The lowest BCUT2D eigenvalue weighted by atomic mass is 9.92. The van der Waals surface area contributed by atoms with Crippen molar-refractivity contribution in [2.24, 2.45) is 11.8 Å². The maximum absolute atomic E-state index is 13.2. The second-order valence-corrected chi connectivity index (χ2v) is 10.6. The van der Waals surface area contributed by atoms with E-state index in [1.165, 1.54) is 49.7 Å². The molecule has 0 saturated carbocycles. The second kappa shape index (κ2) is 15.2. The third-order valence-electron chi connectivity index (χ3n) is 6.50. The molecule has 2 rings (SSSR count). The Labute approximate surface area is 205 Å². The highest BCUT2D eigenvalue weighted by Crippen LogP contribution is 2.50. The molecule has 0 aliphatic carbocycles. The first-order valence-electron chi connectivity index (χ1n) is 12.9. The predicted molar refractivity (Wildman–Crippen MR) is 138 cm³/mol. The van der Waals surface area contributed by atoms with Crippen LogP contribution < -0.4 is 9.05 Å². The summed E-state index contributed by atoms with van der Waals surface area (Å²) in [6, 6.07) is 14.4. The molecule has 0 heterocycles. The number of hydrogen-bond donors (Lipinski definition) is 0. The molecule has 190 valence electrons. The first-order valence-corrected chi connectivity index (χ1v) is 14.4. The quantitative estimate of drug-likeness (QED) is 0.206. The highest BCUT2D eigenvalue weighted by Gasteiger charge is 2.32. The Balaban J connectivity index is 1.96. The third kappa shape index (κ3) is 9.80. The van der Waals surface area contributed by atoms with E-state index in [1.807, 2.05) is 24.3 Å².